The molecule has 1 aromatic carbocycles. The number of aromatic nitrogens is 2. The second-order valence-electron chi connectivity index (χ2n) is 5.21. The highest BCUT2D eigenvalue weighted by atomic mass is 16.5. The highest BCUT2D eigenvalue weighted by Gasteiger charge is 2.22. The molecule has 0 aliphatic rings. The second-order valence-corrected chi connectivity index (χ2v) is 5.21. The molecule has 0 bridgehead atoms. The largest absolute Gasteiger partial charge is 0.453 e. The van der Waals surface area contributed by atoms with Crippen LogP contribution >= 0.6 is 0 Å². The predicted molar refractivity (Wildman–Crippen MR) is 85.3 cm³/mol. The van der Waals surface area contributed by atoms with Gasteiger partial charge >= 0.3 is 0 Å². The summed E-state index contributed by atoms with van der Waals surface area (Å²) in [5.74, 6) is 0.714. The molecule has 7 heteroatoms. The van der Waals surface area contributed by atoms with Crippen molar-refractivity contribution in [2.75, 3.05) is 6.61 Å². The lowest BCUT2D eigenvalue weighted by molar-refractivity contribution is 0.178. The van der Waals surface area contributed by atoms with E-state index in [-0.39, 0.29) is 13.2 Å². The first kappa shape index (κ1) is 17.5. The van der Waals surface area contributed by atoms with Crippen LogP contribution in [0.3, 0.4) is 0 Å². The van der Waals surface area contributed by atoms with Crippen molar-refractivity contribution >= 4 is 0 Å². The Bertz CT molecular complexity index is 780. The van der Waals surface area contributed by atoms with E-state index in [9.17, 15) is 5.11 Å². The Hall–Kier alpha value is -2.87. The lowest BCUT2D eigenvalue weighted by Gasteiger charge is -2.12. The number of aliphatic hydroxyl groups excluding tert-OH is 2. The molecule has 1 atom stereocenters. The van der Waals surface area contributed by atoms with E-state index in [0.717, 1.165) is 0 Å². The van der Waals surface area contributed by atoms with Crippen LogP contribution in [-0.2, 0) is 13.0 Å². The van der Waals surface area contributed by atoms with Gasteiger partial charge < -0.3 is 14.9 Å². The molecule has 0 aliphatic heterocycles. The number of aryl methyl sites for hydroxylation is 1. The van der Waals surface area contributed by atoms with Gasteiger partial charge in [-0.3, -0.25) is 4.68 Å². The molecule has 1 heterocycles. The van der Waals surface area contributed by atoms with Gasteiger partial charge in [0.05, 0.1) is 42.5 Å². The van der Waals surface area contributed by atoms with Crippen LogP contribution in [0.5, 0.6) is 11.5 Å². The first-order valence-electron chi connectivity index (χ1n) is 7.55. The molecule has 0 saturated carbocycles. The van der Waals surface area contributed by atoms with E-state index in [0.29, 0.717) is 40.4 Å². The van der Waals surface area contributed by atoms with E-state index in [4.69, 9.17) is 20.4 Å². The van der Waals surface area contributed by atoms with E-state index in [2.05, 4.69) is 5.10 Å². The van der Waals surface area contributed by atoms with Crippen LogP contribution in [0, 0.1) is 22.7 Å². The van der Waals surface area contributed by atoms with Gasteiger partial charge in [0.15, 0.2) is 5.75 Å². The molecule has 124 valence electrons. The molecule has 7 nitrogen and oxygen atoms in total. The Morgan fingerprint density at radius 2 is 1.88 bits per heavy atom. The first-order valence-corrected chi connectivity index (χ1v) is 7.55. The molecule has 0 amide bonds. The summed E-state index contributed by atoms with van der Waals surface area (Å²) < 4.78 is 7.39. The van der Waals surface area contributed by atoms with Gasteiger partial charge in [-0.05, 0) is 31.5 Å². The fraction of sp³-hybridized carbons (Fsp3) is 0.353. The Balaban J connectivity index is 2.53. The van der Waals surface area contributed by atoms with Gasteiger partial charge in [-0.15, -0.1) is 0 Å². The molecule has 0 radical (unpaired) electrons. The monoisotopic (exact) mass is 326 g/mol. The molecule has 1 unspecified atom stereocenters. The highest BCUT2D eigenvalue weighted by Crippen LogP contribution is 2.34. The molecule has 24 heavy (non-hydrogen) atoms. The smallest absolute Gasteiger partial charge is 0.174 e. The van der Waals surface area contributed by atoms with Crippen LogP contribution in [0.2, 0.25) is 0 Å². The summed E-state index contributed by atoms with van der Waals surface area (Å²) in [6, 6.07) is 8.49. The zero-order valence-corrected chi connectivity index (χ0v) is 13.5. The van der Waals surface area contributed by atoms with Crippen molar-refractivity contribution in [1.82, 2.24) is 9.78 Å². The van der Waals surface area contributed by atoms with Crippen LogP contribution in [0.1, 0.15) is 42.5 Å². The molecule has 1 aromatic heterocycles. The maximum absolute atomic E-state index is 10.1. The molecular formula is C17H18N4O3. The van der Waals surface area contributed by atoms with Crippen LogP contribution < -0.4 is 4.74 Å². The van der Waals surface area contributed by atoms with Crippen LogP contribution in [0.25, 0.3) is 0 Å². The number of nitriles is 2. The summed E-state index contributed by atoms with van der Waals surface area (Å²) in [5.41, 5.74) is 1.69. The number of rotatable bonds is 6. The zero-order valence-electron chi connectivity index (χ0n) is 13.5. The summed E-state index contributed by atoms with van der Waals surface area (Å²) in [5, 5.41) is 41.7. The van der Waals surface area contributed by atoms with Gasteiger partial charge in [-0.2, -0.15) is 15.6 Å². The third-order valence-corrected chi connectivity index (χ3v) is 3.44. The van der Waals surface area contributed by atoms with Crippen molar-refractivity contribution < 1.29 is 14.9 Å². The Morgan fingerprint density at radius 3 is 2.33 bits per heavy atom. The van der Waals surface area contributed by atoms with Crippen LogP contribution in [-0.4, -0.2) is 26.6 Å². The fourth-order valence-corrected chi connectivity index (χ4v) is 2.43. The third-order valence-electron chi connectivity index (χ3n) is 3.44. The van der Waals surface area contributed by atoms with Gasteiger partial charge in [0.2, 0.25) is 0 Å². The number of ether oxygens (including phenoxy) is 1. The number of aliphatic hydroxyl groups is 2. The van der Waals surface area contributed by atoms with Gasteiger partial charge in [-0.1, -0.05) is 6.92 Å². The molecule has 0 spiro atoms. The van der Waals surface area contributed by atoms with Gasteiger partial charge in [-0.25, -0.2) is 0 Å². The van der Waals surface area contributed by atoms with Gasteiger partial charge in [0.25, 0.3) is 0 Å². The molecule has 0 aliphatic carbocycles. The van der Waals surface area contributed by atoms with E-state index in [1.165, 1.54) is 22.9 Å². The fourth-order valence-electron chi connectivity index (χ4n) is 2.43. The average Bonchev–Trinajstić information content (AvgIpc) is 2.92. The lowest BCUT2D eigenvalue weighted by Crippen LogP contribution is -2.10. The Morgan fingerprint density at radius 1 is 1.25 bits per heavy atom. The zero-order chi connectivity index (χ0) is 17.7. The summed E-state index contributed by atoms with van der Waals surface area (Å²) in [6.07, 6.45) is -0.287. The molecule has 2 N–H and O–H groups in total. The van der Waals surface area contributed by atoms with Crippen LogP contribution in [0.15, 0.2) is 18.2 Å². The molecule has 0 fully saturated rings. The predicted octanol–water partition coefficient (Wildman–Crippen LogP) is 2.03. The normalized spacial score (nSPS) is 11.6. The SMILES string of the molecule is CCc1nn(CCO)c(C(C)O)c1Oc1cc(C#N)cc(C#N)c1. The minimum atomic E-state index is -0.853. The van der Waals surface area contributed by atoms with E-state index in [1.54, 1.807) is 6.92 Å². The molecule has 0 saturated heterocycles. The highest BCUT2D eigenvalue weighted by molar-refractivity contribution is 5.48. The maximum Gasteiger partial charge on any atom is 0.174 e. The number of hydrogen-bond acceptors (Lipinski definition) is 6. The Kier molecular flexibility index (Phi) is 5.54. The minimum absolute atomic E-state index is 0.119. The first-order chi connectivity index (χ1) is 11.5. The van der Waals surface area contributed by atoms with Crippen molar-refractivity contribution in [3.8, 4) is 23.6 Å². The van der Waals surface area contributed by atoms with E-state index in [1.807, 2.05) is 19.1 Å². The van der Waals surface area contributed by atoms with Crippen molar-refractivity contribution in [2.45, 2.75) is 32.9 Å². The van der Waals surface area contributed by atoms with Crippen molar-refractivity contribution in [3.63, 3.8) is 0 Å². The van der Waals surface area contributed by atoms with Crippen LogP contribution in [0.4, 0.5) is 0 Å². The van der Waals surface area contributed by atoms with Gasteiger partial charge in [0, 0.05) is 0 Å². The summed E-state index contributed by atoms with van der Waals surface area (Å²) in [7, 11) is 0. The molecule has 2 rings (SSSR count). The number of benzene rings is 1. The summed E-state index contributed by atoms with van der Waals surface area (Å²) in [4.78, 5) is 0. The summed E-state index contributed by atoms with van der Waals surface area (Å²) >= 11 is 0. The maximum atomic E-state index is 10.1. The van der Waals surface area contributed by atoms with E-state index >= 15 is 0 Å². The standard InChI is InChI=1S/C17H18N4O3/c1-3-15-17(16(11(2)23)21(20-15)4-5-22)24-14-7-12(9-18)6-13(8-14)10-19/h6-8,11,22-23H,3-5H2,1-2H3. The molecular weight excluding hydrogens is 308 g/mol. The number of hydrogen-bond donors (Lipinski definition) is 2. The lowest BCUT2D eigenvalue weighted by atomic mass is 10.1. The summed E-state index contributed by atoms with van der Waals surface area (Å²) in [6.45, 7) is 3.60. The molecule has 2 aromatic rings. The van der Waals surface area contributed by atoms with Crippen molar-refractivity contribution in [3.05, 3.63) is 40.7 Å². The average molecular weight is 326 g/mol. The quantitative estimate of drug-likeness (QED) is 0.839. The minimum Gasteiger partial charge on any atom is -0.453 e. The topological polar surface area (TPSA) is 115 Å². The second kappa shape index (κ2) is 7.60. The third kappa shape index (κ3) is 3.54. The van der Waals surface area contributed by atoms with Crippen molar-refractivity contribution in [1.29, 1.82) is 10.5 Å². The van der Waals surface area contributed by atoms with E-state index < -0.39 is 6.10 Å². The Labute approximate surface area is 140 Å². The number of nitrogens with zero attached hydrogens (tertiary/aromatic N) is 4. The van der Waals surface area contributed by atoms with Gasteiger partial charge in [0.1, 0.15) is 17.1 Å². The van der Waals surface area contributed by atoms with Crippen molar-refractivity contribution in [2.24, 2.45) is 0 Å².